The number of benzene rings is 2. The predicted molar refractivity (Wildman–Crippen MR) is 87.9 cm³/mol. The number of halogens is 4. The first-order valence-corrected chi connectivity index (χ1v) is 7.46. The lowest BCUT2D eigenvalue weighted by Crippen LogP contribution is -2.01. The fraction of sp³-hybridized carbons (Fsp3) is 0. The number of hydrogen-bond acceptors (Lipinski definition) is 5. The molecule has 0 radical (unpaired) electrons. The second-order valence-corrected chi connectivity index (χ2v) is 5.35. The number of nitrogens with one attached hydrogen (secondary N) is 1. The topological polar surface area (TPSA) is 70.8 Å². The van der Waals surface area contributed by atoms with E-state index in [0.29, 0.717) is 23.4 Å². The van der Waals surface area contributed by atoms with Crippen LogP contribution >= 0.6 is 11.6 Å². The SMILES string of the molecule is N#Cc1ccc(Nc2nc(Cl)cc(Oc3c(F)cc(F)cc3F)n2)cc1. The minimum Gasteiger partial charge on any atom is -0.433 e. The van der Waals surface area contributed by atoms with Gasteiger partial charge in [0, 0.05) is 23.9 Å². The van der Waals surface area contributed by atoms with Gasteiger partial charge in [-0.25, -0.2) is 18.2 Å². The number of rotatable bonds is 4. The molecular weight excluding hydrogens is 369 g/mol. The number of nitrogens with zero attached hydrogens (tertiary/aromatic N) is 3. The zero-order chi connectivity index (χ0) is 18.7. The molecule has 9 heteroatoms. The summed E-state index contributed by atoms with van der Waals surface area (Å²) in [5.41, 5.74) is 1.02. The van der Waals surface area contributed by atoms with E-state index in [9.17, 15) is 13.2 Å². The van der Waals surface area contributed by atoms with Crippen molar-refractivity contribution in [2.45, 2.75) is 0 Å². The number of ether oxygens (including phenoxy) is 1. The van der Waals surface area contributed by atoms with E-state index in [1.54, 1.807) is 24.3 Å². The van der Waals surface area contributed by atoms with Gasteiger partial charge in [0.25, 0.3) is 0 Å². The smallest absolute Gasteiger partial charge is 0.231 e. The fourth-order valence-electron chi connectivity index (χ4n) is 1.99. The molecule has 0 aliphatic heterocycles. The predicted octanol–water partition coefficient (Wildman–Crippen LogP) is 4.95. The van der Waals surface area contributed by atoms with Crippen molar-refractivity contribution in [3.63, 3.8) is 0 Å². The zero-order valence-electron chi connectivity index (χ0n) is 12.8. The van der Waals surface area contributed by atoms with Crippen LogP contribution in [-0.4, -0.2) is 9.97 Å². The summed E-state index contributed by atoms with van der Waals surface area (Å²) < 4.78 is 45.4. The van der Waals surface area contributed by atoms with Crippen molar-refractivity contribution in [1.82, 2.24) is 9.97 Å². The Morgan fingerprint density at radius 1 is 1.00 bits per heavy atom. The Kier molecular flexibility index (Phi) is 4.91. The highest BCUT2D eigenvalue weighted by Gasteiger charge is 2.15. The van der Waals surface area contributed by atoms with Crippen LogP contribution in [0.25, 0.3) is 0 Å². The van der Waals surface area contributed by atoms with Crippen molar-refractivity contribution in [3.8, 4) is 17.7 Å². The summed E-state index contributed by atoms with van der Waals surface area (Å²) in [5, 5.41) is 11.5. The van der Waals surface area contributed by atoms with E-state index >= 15 is 0 Å². The van der Waals surface area contributed by atoms with Gasteiger partial charge in [-0.15, -0.1) is 0 Å². The molecular formula is C17H8ClF3N4O. The first kappa shape index (κ1) is 17.5. The van der Waals surface area contributed by atoms with Crippen molar-refractivity contribution in [1.29, 1.82) is 5.26 Å². The Morgan fingerprint density at radius 2 is 1.65 bits per heavy atom. The maximum Gasteiger partial charge on any atom is 0.231 e. The maximum atomic E-state index is 13.7. The van der Waals surface area contributed by atoms with Crippen LogP contribution in [0, 0.1) is 28.8 Å². The summed E-state index contributed by atoms with van der Waals surface area (Å²) in [6, 6.07) is 10.5. The molecule has 1 heterocycles. The van der Waals surface area contributed by atoms with E-state index in [-0.39, 0.29) is 17.0 Å². The zero-order valence-corrected chi connectivity index (χ0v) is 13.6. The van der Waals surface area contributed by atoms with Crippen molar-refractivity contribution in [3.05, 3.63) is 70.6 Å². The molecule has 5 nitrogen and oxygen atoms in total. The summed E-state index contributed by atoms with van der Waals surface area (Å²) in [6.07, 6.45) is 0. The average Bonchev–Trinajstić information content (AvgIpc) is 2.58. The van der Waals surface area contributed by atoms with Gasteiger partial charge >= 0.3 is 0 Å². The highest BCUT2D eigenvalue weighted by Crippen LogP contribution is 2.29. The van der Waals surface area contributed by atoms with Crippen LogP contribution in [0.15, 0.2) is 42.5 Å². The second-order valence-electron chi connectivity index (χ2n) is 4.97. The van der Waals surface area contributed by atoms with Crippen LogP contribution in [0.4, 0.5) is 24.8 Å². The Labute approximate surface area is 150 Å². The first-order valence-electron chi connectivity index (χ1n) is 7.09. The summed E-state index contributed by atoms with van der Waals surface area (Å²) in [5.74, 6) is -4.58. The minimum atomic E-state index is -1.22. The molecule has 26 heavy (non-hydrogen) atoms. The van der Waals surface area contributed by atoms with E-state index in [1.807, 2.05) is 6.07 Å². The van der Waals surface area contributed by atoms with Gasteiger partial charge in [-0.2, -0.15) is 10.2 Å². The van der Waals surface area contributed by atoms with Crippen LogP contribution in [0.1, 0.15) is 5.56 Å². The van der Waals surface area contributed by atoms with Crippen molar-refractivity contribution in [2.75, 3.05) is 5.32 Å². The molecule has 0 saturated heterocycles. The van der Waals surface area contributed by atoms with E-state index in [1.165, 1.54) is 0 Å². The largest absolute Gasteiger partial charge is 0.433 e. The number of nitriles is 1. The number of hydrogen-bond donors (Lipinski definition) is 1. The molecule has 3 rings (SSSR count). The standard InChI is InChI=1S/C17H8ClF3N4O/c18-14-7-15(26-16-12(20)5-10(19)6-13(16)21)25-17(24-14)23-11-3-1-9(8-22)2-4-11/h1-7H,(H,23,24,25). The van der Waals surface area contributed by atoms with Gasteiger partial charge in [0.05, 0.1) is 11.6 Å². The summed E-state index contributed by atoms with van der Waals surface area (Å²) >= 11 is 5.87. The molecule has 0 amide bonds. The lowest BCUT2D eigenvalue weighted by Gasteiger charge is -2.10. The molecule has 0 fully saturated rings. The maximum absolute atomic E-state index is 13.7. The minimum absolute atomic E-state index is 0.000126. The Bertz CT molecular complexity index is 983. The van der Waals surface area contributed by atoms with E-state index in [0.717, 1.165) is 6.07 Å². The highest BCUT2D eigenvalue weighted by atomic mass is 35.5. The third-order valence-electron chi connectivity index (χ3n) is 3.11. The molecule has 0 bridgehead atoms. The van der Waals surface area contributed by atoms with E-state index in [4.69, 9.17) is 21.6 Å². The third-order valence-corrected chi connectivity index (χ3v) is 3.30. The lowest BCUT2D eigenvalue weighted by molar-refractivity contribution is 0.390. The van der Waals surface area contributed by atoms with Gasteiger partial charge in [-0.05, 0) is 24.3 Å². The monoisotopic (exact) mass is 376 g/mol. The lowest BCUT2D eigenvalue weighted by atomic mass is 10.2. The first-order chi connectivity index (χ1) is 12.4. The van der Waals surface area contributed by atoms with Crippen molar-refractivity contribution in [2.24, 2.45) is 0 Å². The summed E-state index contributed by atoms with van der Waals surface area (Å²) in [7, 11) is 0. The molecule has 130 valence electrons. The number of anilines is 2. The van der Waals surface area contributed by atoms with Crippen LogP contribution in [0.2, 0.25) is 5.15 Å². The molecule has 0 aliphatic carbocycles. The number of aromatic nitrogens is 2. The summed E-state index contributed by atoms with van der Waals surface area (Å²) in [6.45, 7) is 0. The van der Waals surface area contributed by atoms with Gasteiger partial charge in [0.15, 0.2) is 11.6 Å². The van der Waals surface area contributed by atoms with Gasteiger partial charge in [-0.1, -0.05) is 11.6 Å². The summed E-state index contributed by atoms with van der Waals surface area (Å²) in [4.78, 5) is 7.87. The van der Waals surface area contributed by atoms with Gasteiger partial charge < -0.3 is 10.1 Å². The normalized spacial score (nSPS) is 10.3. The molecule has 0 unspecified atom stereocenters. The average molecular weight is 377 g/mol. The Balaban J connectivity index is 1.87. The van der Waals surface area contributed by atoms with E-state index < -0.39 is 23.2 Å². The van der Waals surface area contributed by atoms with Crippen LogP contribution in [-0.2, 0) is 0 Å². The molecule has 0 spiro atoms. The molecule has 0 aliphatic rings. The molecule has 0 atom stereocenters. The van der Waals surface area contributed by atoms with Crippen LogP contribution in [0.5, 0.6) is 11.6 Å². The molecule has 1 N–H and O–H groups in total. The molecule has 2 aromatic carbocycles. The Hall–Kier alpha value is -3.31. The van der Waals surface area contributed by atoms with Gasteiger partial charge in [-0.3, -0.25) is 0 Å². The molecule has 1 aromatic heterocycles. The van der Waals surface area contributed by atoms with Crippen LogP contribution < -0.4 is 10.1 Å². The van der Waals surface area contributed by atoms with Crippen LogP contribution in [0.3, 0.4) is 0 Å². The Morgan fingerprint density at radius 3 is 2.27 bits per heavy atom. The van der Waals surface area contributed by atoms with E-state index in [2.05, 4.69) is 15.3 Å². The molecule has 3 aromatic rings. The van der Waals surface area contributed by atoms with Crippen molar-refractivity contribution >= 4 is 23.2 Å². The van der Waals surface area contributed by atoms with Gasteiger partial charge in [0.2, 0.25) is 17.6 Å². The van der Waals surface area contributed by atoms with Crippen molar-refractivity contribution < 1.29 is 17.9 Å². The third kappa shape index (κ3) is 4.02. The quantitative estimate of drug-likeness (QED) is 0.652. The molecule has 0 saturated carbocycles. The van der Waals surface area contributed by atoms with Gasteiger partial charge in [0.1, 0.15) is 11.0 Å². The fourth-order valence-corrected chi connectivity index (χ4v) is 2.17. The highest BCUT2D eigenvalue weighted by molar-refractivity contribution is 6.29. The second kappa shape index (κ2) is 7.29.